The van der Waals surface area contributed by atoms with Crippen molar-refractivity contribution in [1.29, 1.82) is 0 Å². The molecule has 0 radical (unpaired) electrons. The molecule has 0 saturated carbocycles. The Labute approximate surface area is 198 Å². The molecule has 3 heterocycles. The molecular weight excluding hydrogens is 481 g/mol. The molecule has 0 aliphatic carbocycles. The lowest BCUT2D eigenvalue weighted by molar-refractivity contribution is -0.113. The molecule has 1 N–H and O–H groups in total. The van der Waals surface area contributed by atoms with E-state index in [4.69, 9.17) is 39.5 Å². The molecule has 1 aliphatic heterocycles. The Hall–Kier alpha value is -1.84. The van der Waals surface area contributed by atoms with Gasteiger partial charge in [0, 0.05) is 23.4 Å². The Morgan fingerprint density at radius 3 is 2.71 bits per heavy atom. The lowest BCUT2D eigenvalue weighted by Gasteiger charge is -2.14. The Balaban J connectivity index is 1.50. The van der Waals surface area contributed by atoms with Crippen LogP contribution in [0.5, 0.6) is 0 Å². The van der Waals surface area contributed by atoms with Crippen molar-refractivity contribution in [2.75, 3.05) is 17.7 Å². The zero-order valence-corrected chi connectivity index (χ0v) is 19.3. The number of carbonyl (C=O) groups is 1. The van der Waals surface area contributed by atoms with Gasteiger partial charge in [-0.15, -0.1) is 10.2 Å². The van der Waals surface area contributed by atoms with Crippen molar-refractivity contribution in [2.45, 2.75) is 30.6 Å². The molecule has 1 fully saturated rings. The summed E-state index contributed by atoms with van der Waals surface area (Å²) in [6.07, 6.45) is 3.52. The number of nitrogens with zero attached hydrogens (tertiary/aromatic N) is 4. The first kappa shape index (κ1) is 22.4. The van der Waals surface area contributed by atoms with Crippen LogP contribution in [-0.2, 0) is 16.1 Å². The number of hydrogen-bond acceptors (Lipinski definition) is 6. The smallest absolute Gasteiger partial charge is 0.236 e. The predicted octanol–water partition coefficient (Wildman–Crippen LogP) is 5.21. The predicted molar refractivity (Wildman–Crippen MR) is 123 cm³/mol. The van der Waals surface area contributed by atoms with Crippen LogP contribution in [0.2, 0.25) is 15.1 Å². The van der Waals surface area contributed by atoms with Gasteiger partial charge in [-0.25, -0.2) is 4.98 Å². The first-order chi connectivity index (χ1) is 15.0. The summed E-state index contributed by atoms with van der Waals surface area (Å²) in [7, 11) is 0. The molecule has 4 rings (SSSR count). The Morgan fingerprint density at radius 1 is 1.19 bits per heavy atom. The van der Waals surface area contributed by atoms with Crippen LogP contribution in [0.25, 0.3) is 11.4 Å². The number of amides is 1. The molecule has 1 saturated heterocycles. The van der Waals surface area contributed by atoms with Gasteiger partial charge in [-0.2, -0.15) is 0 Å². The zero-order valence-electron chi connectivity index (χ0n) is 16.2. The molecule has 1 atom stereocenters. The summed E-state index contributed by atoms with van der Waals surface area (Å²) in [5.41, 5.74) is 0.892. The lowest BCUT2D eigenvalue weighted by atomic mass is 10.2. The Bertz CT molecular complexity index is 1070. The first-order valence-electron chi connectivity index (χ1n) is 9.54. The number of carbonyl (C=O) groups excluding carboxylic acids is 1. The average Bonchev–Trinajstić information content (AvgIpc) is 3.40. The van der Waals surface area contributed by atoms with Crippen LogP contribution < -0.4 is 5.32 Å². The number of thioether (sulfide) groups is 1. The van der Waals surface area contributed by atoms with Crippen LogP contribution >= 0.6 is 46.6 Å². The second-order valence-electron chi connectivity index (χ2n) is 6.88. The molecule has 1 aliphatic rings. The number of rotatable bonds is 7. The Morgan fingerprint density at radius 2 is 2.00 bits per heavy atom. The highest BCUT2D eigenvalue weighted by Gasteiger charge is 2.22. The fourth-order valence-electron chi connectivity index (χ4n) is 3.17. The van der Waals surface area contributed by atoms with Crippen molar-refractivity contribution < 1.29 is 9.53 Å². The van der Waals surface area contributed by atoms with E-state index in [0.717, 1.165) is 25.0 Å². The van der Waals surface area contributed by atoms with E-state index in [1.165, 1.54) is 24.0 Å². The second kappa shape index (κ2) is 10.2. The summed E-state index contributed by atoms with van der Waals surface area (Å²) >= 11 is 19.2. The number of hydrogen-bond donors (Lipinski definition) is 1. The van der Waals surface area contributed by atoms with Gasteiger partial charge in [-0.3, -0.25) is 9.36 Å². The lowest BCUT2D eigenvalue weighted by Crippen LogP contribution is -2.18. The quantitative estimate of drug-likeness (QED) is 0.450. The first-order valence-corrected chi connectivity index (χ1v) is 11.7. The van der Waals surface area contributed by atoms with Gasteiger partial charge in [-0.1, -0.05) is 46.6 Å². The summed E-state index contributed by atoms with van der Waals surface area (Å²) in [5, 5.41) is 13.3. The third-order valence-corrected chi connectivity index (χ3v) is 6.34. The minimum absolute atomic E-state index is 0.0901. The maximum Gasteiger partial charge on any atom is 0.236 e. The van der Waals surface area contributed by atoms with Crippen molar-refractivity contribution >= 4 is 58.3 Å². The van der Waals surface area contributed by atoms with E-state index in [1.807, 2.05) is 28.8 Å². The van der Waals surface area contributed by atoms with E-state index in [2.05, 4.69) is 20.5 Å². The van der Waals surface area contributed by atoms with Gasteiger partial charge in [0.25, 0.3) is 0 Å². The number of nitrogens with one attached hydrogen (secondary N) is 1. The van der Waals surface area contributed by atoms with Gasteiger partial charge in [0.1, 0.15) is 0 Å². The van der Waals surface area contributed by atoms with Crippen LogP contribution in [0, 0.1) is 0 Å². The van der Waals surface area contributed by atoms with E-state index in [-0.39, 0.29) is 28.6 Å². The van der Waals surface area contributed by atoms with E-state index < -0.39 is 0 Å². The fourth-order valence-corrected chi connectivity index (χ4v) is 4.47. The van der Waals surface area contributed by atoms with E-state index in [9.17, 15) is 4.79 Å². The summed E-state index contributed by atoms with van der Waals surface area (Å²) in [6.45, 7) is 1.36. The highest BCUT2D eigenvalue weighted by Crippen LogP contribution is 2.28. The monoisotopic (exact) mass is 497 g/mol. The third-order valence-electron chi connectivity index (χ3n) is 4.63. The molecule has 31 heavy (non-hydrogen) atoms. The van der Waals surface area contributed by atoms with E-state index in [1.54, 1.807) is 0 Å². The van der Waals surface area contributed by atoms with Crippen LogP contribution in [-0.4, -0.2) is 44.1 Å². The van der Waals surface area contributed by atoms with Crippen LogP contribution in [0.1, 0.15) is 12.8 Å². The van der Waals surface area contributed by atoms with Gasteiger partial charge >= 0.3 is 0 Å². The average molecular weight is 499 g/mol. The fraction of sp³-hybridized carbons (Fsp3) is 0.300. The van der Waals surface area contributed by atoms with E-state index in [0.29, 0.717) is 27.6 Å². The molecular formula is C20H18Cl3N5O2S. The molecule has 162 valence electrons. The zero-order chi connectivity index (χ0) is 21.8. The maximum atomic E-state index is 12.4. The van der Waals surface area contributed by atoms with Gasteiger partial charge in [0.15, 0.2) is 16.8 Å². The maximum absolute atomic E-state index is 12.4. The van der Waals surface area contributed by atoms with Crippen LogP contribution in [0.15, 0.2) is 41.7 Å². The number of aromatic nitrogens is 4. The Kier molecular flexibility index (Phi) is 7.35. The summed E-state index contributed by atoms with van der Waals surface area (Å²) in [4.78, 5) is 16.5. The largest absolute Gasteiger partial charge is 0.376 e. The van der Waals surface area contributed by atoms with Crippen LogP contribution in [0.3, 0.4) is 0 Å². The number of ether oxygens (including phenoxy) is 1. The second-order valence-corrected chi connectivity index (χ2v) is 9.10. The van der Waals surface area contributed by atoms with Crippen molar-refractivity contribution in [3.8, 4) is 11.4 Å². The van der Waals surface area contributed by atoms with Gasteiger partial charge in [0.2, 0.25) is 5.91 Å². The minimum Gasteiger partial charge on any atom is -0.376 e. The number of anilines is 1. The minimum atomic E-state index is -0.263. The van der Waals surface area contributed by atoms with Gasteiger partial charge in [-0.05, 0) is 43.2 Å². The molecule has 1 unspecified atom stereocenters. The molecule has 11 heteroatoms. The number of benzene rings is 1. The molecule has 2 aromatic heterocycles. The summed E-state index contributed by atoms with van der Waals surface area (Å²) in [6, 6.07) is 8.94. The van der Waals surface area contributed by atoms with Gasteiger partial charge in [0.05, 0.1) is 28.4 Å². The highest BCUT2D eigenvalue weighted by atomic mass is 35.5. The molecule has 0 spiro atoms. The summed E-state index contributed by atoms with van der Waals surface area (Å²) < 4.78 is 7.79. The van der Waals surface area contributed by atoms with Crippen molar-refractivity contribution in [1.82, 2.24) is 19.7 Å². The molecule has 3 aromatic rings. The summed E-state index contributed by atoms with van der Waals surface area (Å²) in [5.74, 6) is 0.823. The topological polar surface area (TPSA) is 81.9 Å². The third kappa shape index (κ3) is 5.70. The number of halogens is 3. The molecule has 7 nitrogen and oxygen atoms in total. The van der Waals surface area contributed by atoms with Crippen molar-refractivity contribution in [3.05, 3.63) is 51.6 Å². The van der Waals surface area contributed by atoms with Gasteiger partial charge < -0.3 is 10.1 Å². The van der Waals surface area contributed by atoms with Crippen molar-refractivity contribution in [2.24, 2.45) is 0 Å². The standard InChI is InChI=1S/C20H18Cl3N5O2S/c21-13-5-3-12(4-6-13)19-26-27-20(28(19)10-15-2-1-7-30-15)31-11-17(29)25-18-16(23)8-14(22)9-24-18/h3-6,8-9,15H,1-2,7,10-11H2,(H,24,25,29). The molecule has 1 amide bonds. The molecule has 1 aromatic carbocycles. The SMILES string of the molecule is O=C(CSc1nnc(-c2ccc(Cl)cc2)n1CC1CCCO1)Nc1ncc(Cl)cc1Cl. The van der Waals surface area contributed by atoms with Crippen molar-refractivity contribution in [3.63, 3.8) is 0 Å². The number of pyridine rings is 1. The van der Waals surface area contributed by atoms with E-state index >= 15 is 0 Å². The normalized spacial score (nSPS) is 15.9. The molecule has 0 bridgehead atoms. The van der Waals surface area contributed by atoms with Crippen LogP contribution in [0.4, 0.5) is 5.82 Å². The highest BCUT2D eigenvalue weighted by molar-refractivity contribution is 7.99.